The lowest BCUT2D eigenvalue weighted by molar-refractivity contribution is 0.0926. The molecule has 4 aromatic rings. The fraction of sp³-hybridized carbons (Fsp3) is 0.125. The Labute approximate surface area is 192 Å². The summed E-state index contributed by atoms with van der Waals surface area (Å²) in [5.41, 5.74) is 3.27. The molecule has 3 aromatic carbocycles. The summed E-state index contributed by atoms with van der Waals surface area (Å²) >= 11 is 3.13. The minimum atomic E-state index is -0.297. The molecule has 0 saturated carbocycles. The van der Waals surface area contributed by atoms with Crippen LogP contribution in [0.25, 0.3) is 10.2 Å². The normalized spacial score (nSPS) is 13.0. The zero-order chi connectivity index (χ0) is 22.2. The van der Waals surface area contributed by atoms with Crippen LogP contribution in [0.4, 0.5) is 5.69 Å². The number of fused-ring (bicyclic) bond motifs is 2. The quantitative estimate of drug-likeness (QED) is 0.282. The standard InChI is InChI=1S/C24H18N2O4S2/c1-29-16-8-10-20(30-2)14(11-16)13-31-24-25-19-9-7-15(12-21(19)32-24)26-22(27)17-5-3-4-6-18(17)23(26)28/h3-12H,13H2,1-2H3. The predicted molar refractivity (Wildman–Crippen MR) is 126 cm³/mol. The van der Waals surface area contributed by atoms with Crippen molar-refractivity contribution in [1.82, 2.24) is 4.98 Å². The molecule has 0 unspecified atom stereocenters. The number of ether oxygens (including phenoxy) is 2. The zero-order valence-corrected chi connectivity index (χ0v) is 19.0. The molecule has 160 valence electrons. The maximum atomic E-state index is 12.8. The van der Waals surface area contributed by atoms with Gasteiger partial charge >= 0.3 is 0 Å². The van der Waals surface area contributed by atoms with Crippen molar-refractivity contribution in [1.29, 1.82) is 0 Å². The summed E-state index contributed by atoms with van der Waals surface area (Å²) < 4.78 is 12.6. The third-order valence-electron chi connectivity index (χ3n) is 5.24. The number of amides is 2. The van der Waals surface area contributed by atoms with Crippen molar-refractivity contribution < 1.29 is 19.1 Å². The van der Waals surface area contributed by atoms with Crippen LogP contribution in [0.3, 0.4) is 0 Å². The Balaban J connectivity index is 1.40. The highest BCUT2D eigenvalue weighted by atomic mass is 32.2. The SMILES string of the molecule is COc1ccc(OC)c(CSc2nc3ccc(N4C(=O)c5ccccc5C4=O)cc3s2)c1. The van der Waals surface area contributed by atoms with Crippen LogP contribution in [0.5, 0.6) is 11.5 Å². The number of hydrogen-bond acceptors (Lipinski definition) is 7. The van der Waals surface area contributed by atoms with E-state index in [0.717, 1.165) is 31.6 Å². The second kappa shape index (κ2) is 8.29. The van der Waals surface area contributed by atoms with Gasteiger partial charge in [0.1, 0.15) is 11.5 Å². The Morgan fingerprint density at radius 2 is 1.69 bits per heavy atom. The molecule has 6 nitrogen and oxygen atoms in total. The van der Waals surface area contributed by atoms with Gasteiger partial charge < -0.3 is 9.47 Å². The maximum absolute atomic E-state index is 12.8. The largest absolute Gasteiger partial charge is 0.497 e. The molecule has 0 saturated heterocycles. The number of rotatable bonds is 6. The summed E-state index contributed by atoms with van der Waals surface area (Å²) in [6.07, 6.45) is 0. The Hall–Kier alpha value is -3.36. The Kier molecular flexibility index (Phi) is 5.32. The van der Waals surface area contributed by atoms with Gasteiger partial charge in [0, 0.05) is 11.3 Å². The summed E-state index contributed by atoms with van der Waals surface area (Å²) in [6, 6.07) is 18.1. The van der Waals surface area contributed by atoms with Gasteiger partial charge in [0.15, 0.2) is 4.34 Å². The number of thiazole rings is 1. The van der Waals surface area contributed by atoms with Crippen LogP contribution in [0, 0.1) is 0 Å². The van der Waals surface area contributed by atoms with Gasteiger partial charge in [0.25, 0.3) is 11.8 Å². The fourth-order valence-electron chi connectivity index (χ4n) is 3.65. The number of carbonyl (C=O) groups excluding carboxylic acids is 2. The highest BCUT2D eigenvalue weighted by Crippen LogP contribution is 2.37. The molecule has 1 aromatic heterocycles. The van der Waals surface area contributed by atoms with Crippen LogP contribution in [0.1, 0.15) is 26.3 Å². The van der Waals surface area contributed by atoms with Gasteiger partial charge in [-0.1, -0.05) is 23.9 Å². The van der Waals surface area contributed by atoms with E-state index in [1.165, 1.54) is 16.2 Å². The Morgan fingerprint density at radius 1 is 0.938 bits per heavy atom. The van der Waals surface area contributed by atoms with Gasteiger partial charge in [-0.25, -0.2) is 9.88 Å². The smallest absolute Gasteiger partial charge is 0.266 e. The first-order chi connectivity index (χ1) is 15.6. The summed E-state index contributed by atoms with van der Waals surface area (Å²) in [5.74, 6) is 1.65. The van der Waals surface area contributed by atoms with Crippen LogP contribution in [0.2, 0.25) is 0 Å². The van der Waals surface area contributed by atoms with E-state index in [-0.39, 0.29) is 11.8 Å². The van der Waals surface area contributed by atoms with Crippen molar-refractivity contribution in [2.45, 2.75) is 10.1 Å². The van der Waals surface area contributed by atoms with E-state index in [1.807, 2.05) is 30.3 Å². The molecule has 8 heteroatoms. The number of aromatic nitrogens is 1. The molecule has 5 rings (SSSR count). The summed E-state index contributed by atoms with van der Waals surface area (Å²) in [4.78, 5) is 31.5. The van der Waals surface area contributed by atoms with Gasteiger partial charge in [-0.15, -0.1) is 11.3 Å². The van der Waals surface area contributed by atoms with Gasteiger partial charge in [-0.2, -0.15) is 0 Å². The van der Waals surface area contributed by atoms with E-state index >= 15 is 0 Å². The molecule has 0 atom stereocenters. The fourth-order valence-corrected chi connectivity index (χ4v) is 5.73. The highest BCUT2D eigenvalue weighted by Gasteiger charge is 2.36. The Bertz CT molecular complexity index is 1330. The topological polar surface area (TPSA) is 68.7 Å². The molecule has 0 radical (unpaired) electrons. The average molecular weight is 463 g/mol. The third kappa shape index (κ3) is 3.51. The number of imide groups is 1. The lowest BCUT2D eigenvalue weighted by Gasteiger charge is -2.13. The molecule has 2 heterocycles. The Morgan fingerprint density at radius 3 is 2.38 bits per heavy atom. The maximum Gasteiger partial charge on any atom is 0.266 e. The van der Waals surface area contributed by atoms with Crippen molar-refractivity contribution in [3.05, 3.63) is 77.4 Å². The number of nitrogens with zero attached hydrogens (tertiary/aromatic N) is 2. The number of thioether (sulfide) groups is 1. The van der Waals surface area contributed by atoms with E-state index in [9.17, 15) is 9.59 Å². The van der Waals surface area contributed by atoms with Crippen molar-refractivity contribution in [3.63, 3.8) is 0 Å². The molecule has 0 aliphatic carbocycles. The van der Waals surface area contributed by atoms with Gasteiger partial charge in [-0.3, -0.25) is 9.59 Å². The van der Waals surface area contributed by atoms with Crippen LogP contribution in [-0.4, -0.2) is 31.0 Å². The van der Waals surface area contributed by atoms with Gasteiger partial charge in [0.2, 0.25) is 0 Å². The molecular weight excluding hydrogens is 444 g/mol. The third-order valence-corrected chi connectivity index (χ3v) is 7.45. The first-order valence-electron chi connectivity index (χ1n) is 9.81. The minimum absolute atomic E-state index is 0.297. The number of benzene rings is 3. The molecule has 0 spiro atoms. The number of carbonyl (C=O) groups is 2. The summed E-state index contributed by atoms with van der Waals surface area (Å²) in [6.45, 7) is 0. The first kappa shape index (κ1) is 20.5. The van der Waals surface area contributed by atoms with E-state index in [1.54, 1.807) is 56.3 Å². The highest BCUT2D eigenvalue weighted by molar-refractivity contribution is 8.00. The lowest BCUT2D eigenvalue weighted by atomic mass is 10.1. The molecule has 0 fully saturated rings. The van der Waals surface area contributed by atoms with E-state index < -0.39 is 0 Å². The first-order valence-corrected chi connectivity index (χ1v) is 11.6. The number of methoxy groups -OCH3 is 2. The van der Waals surface area contributed by atoms with Crippen LogP contribution >= 0.6 is 23.1 Å². The van der Waals surface area contributed by atoms with E-state index in [2.05, 4.69) is 0 Å². The predicted octanol–water partition coefficient (Wildman–Crippen LogP) is 5.41. The van der Waals surface area contributed by atoms with Crippen molar-refractivity contribution in [2.75, 3.05) is 19.1 Å². The van der Waals surface area contributed by atoms with Crippen molar-refractivity contribution in [2.24, 2.45) is 0 Å². The van der Waals surface area contributed by atoms with Crippen molar-refractivity contribution >= 4 is 50.8 Å². The van der Waals surface area contributed by atoms with Crippen LogP contribution in [0.15, 0.2) is 65.0 Å². The van der Waals surface area contributed by atoms with Crippen LogP contribution in [-0.2, 0) is 5.75 Å². The average Bonchev–Trinajstić information content (AvgIpc) is 3.35. The lowest BCUT2D eigenvalue weighted by Crippen LogP contribution is -2.29. The van der Waals surface area contributed by atoms with Gasteiger partial charge in [-0.05, 0) is 48.5 Å². The summed E-state index contributed by atoms with van der Waals surface area (Å²) in [5, 5.41) is 0. The minimum Gasteiger partial charge on any atom is -0.497 e. The molecule has 1 aliphatic rings. The molecule has 2 amide bonds. The van der Waals surface area contributed by atoms with Gasteiger partial charge in [0.05, 0.1) is 41.3 Å². The second-order valence-electron chi connectivity index (χ2n) is 7.09. The molecular formula is C24H18N2O4S2. The monoisotopic (exact) mass is 462 g/mol. The second-order valence-corrected chi connectivity index (χ2v) is 9.34. The molecule has 1 aliphatic heterocycles. The molecule has 0 N–H and O–H groups in total. The number of hydrogen-bond donors (Lipinski definition) is 0. The molecule has 0 bridgehead atoms. The zero-order valence-electron chi connectivity index (χ0n) is 17.3. The van der Waals surface area contributed by atoms with Crippen LogP contribution < -0.4 is 14.4 Å². The molecule has 32 heavy (non-hydrogen) atoms. The van der Waals surface area contributed by atoms with E-state index in [0.29, 0.717) is 22.6 Å². The number of anilines is 1. The summed E-state index contributed by atoms with van der Waals surface area (Å²) in [7, 11) is 3.28. The van der Waals surface area contributed by atoms with Crippen molar-refractivity contribution in [3.8, 4) is 11.5 Å². The van der Waals surface area contributed by atoms with E-state index in [4.69, 9.17) is 14.5 Å².